The molecule has 3 atom stereocenters. The van der Waals surface area contributed by atoms with E-state index >= 15 is 0 Å². The normalized spacial score (nSPS) is 20.9. The summed E-state index contributed by atoms with van der Waals surface area (Å²) in [4.78, 5) is 46.6. The zero-order valence-electron chi connectivity index (χ0n) is 20.6. The molecule has 10 heteroatoms. The quantitative estimate of drug-likeness (QED) is 0.146. The van der Waals surface area contributed by atoms with Crippen molar-refractivity contribution in [1.82, 2.24) is 26.6 Å². The Morgan fingerprint density at radius 3 is 1.94 bits per heavy atom. The molecular weight excluding hydrogens is 454 g/mol. The third kappa shape index (κ3) is 11.4. The first kappa shape index (κ1) is 28.3. The van der Waals surface area contributed by atoms with E-state index in [0.29, 0.717) is 44.1 Å². The van der Waals surface area contributed by atoms with Crippen molar-refractivity contribution in [1.29, 1.82) is 0 Å². The lowest BCUT2D eigenvalue weighted by Gasteiger charge is -2.16. The van der Waals surface area contributed by atoms with Gasteiger partial charge < -0.3 is 26.6 Å². The molecule has 194 valence electrons. The molecule has 0 bridgehead atoms. The molecule has 2 aliphatic rings. The fourth-order valence-electron chi connectivity index (χ4n) is 4.37. The lowest BCUT2D eigenvalue weighted by Crippen LogP contribution is -2.36. The predicted molar refractivity (Wildman–Crippen MR) is 136 cm³/mol. The van der Waals surface area contributed by atoms with Gasteiger partial charge >= 0.3 is 6.03 Å². The van der Waals surface area contributed by atoms with Crippen molar-refractivity contribution >= 4 is 35.5 Å². The number of fused-ring (bicyclic) bond motifs is 1. The minimum absolute atomic E-state index is 0.0541. The molecule has 2 rings (SSSR count). The maximum atomic E-state index is 12.0. The van der Waals surface area contributed by atoms with E-state index < -0.39 is 0 Å². The minimum atomic E-state index is -0.0541. The van der Waals surface area contributed by atoms with Gasteiger partial charge in [-0.05, 0) is 45.4 Å². The number of carbonyl (C=O) groups is 4. The molecule has 2 aliphatic heterocycles. The number of rotatable bonds is 18. The molecule has 9 nitrogen and oxygen atoms in total. The number of hydrogen-bond acceptors (Lipinski definition) is 5. The summed E-state index contributed by atoms with van der Waals surface area (Å²) < 4.78 is 0. The van der Waals surface area contributed by atoms with Crippen molar-refractivity contribution < 1.29 is 19.2 Å². The molecule has 0 saturated carbocycles. The largest absolute Gasteiger partial charge is 0.356 e. The Hall–Kier alpha value is -1.97. The van der Waals surface area contributed by atoms with Crippen LogP contribution in [0.15, 0.2) is 0 Å². The van der Waals surface area contributed by atoms with Crippen LogP contribution in [0.25, 0.3) is 0 Å². The molecule has 2 fully saturated rings. The van der Waals surface area contributed by atoms with Crippen LogP contribution in [0.1, 0.15) is 84.0 Å². The van der Waals surface area contributed by atoms with E-state index in [9.17, 15) is 19.2 Å². The van der Waals surface area contributed by atoms with Crippen LogP contribution in [0.3, 0.4) is 0 Å². The van der Waals surface area contributed by atoms with Crippen LogP contribution >= 0.6 is 11.8 Å². The molecule has 5 N–H and O–H groups in total. The van der Waals surface area contributed by atoms with Gasteiger partial charge in [0.1, 0.15) is 0 Å². The summed E-state index contributed by atoms with van der Waals surface area (Å²) in [6, 6.07) is 0.438. The summed E-state index contributed by atoms with van der Waals surface area (Å²) in [5, 5.41) is 15.1. The Bertz CT molecular complexity index is 663. The predicted octanol–water partition coefficient (Wildman–Crippen LogP) is 2.20. The van der Waals surface area contributed by atoms with E-state index in [-0.39, 0.29) is 35.8 Å². The first-order valence-corrected chi connectivity index (χ1v) is 14.0. The van der Waals surface area contributed by atoms with Crippen LogP contribution < -0.4 is 26.6 Å². The highest BCUT2D eigenvalue weighted by molar-refractivity contribution is 8.00. The summed E-state index contributed by atoms with van der Waals surface area (Å²) in [5.41, 5.74) is 0. The zero-order valence-corrected chi connectivity index (χ0v) is 21.4. The van der Waals surface area contributed by atoms with Crippen molar-refractivity contribution in [3.05, 3.63) is 0 Å². The minimum Gasteiger partial charge on any atom is -0.356 e. The molecule has 2 saturated heterocycles. The molecular formula is C24H43N5O4S. The third-order valence-electron chi connectivity index (χ3n) is 6.26. The maximum absolute atomic E-state index is 12.0. The summed E-state index contributed by atoms with van der Waals surface area (Å²) in [5.74, 6) is 1.24. The van der Waals surface area contributed by atoms with Crippen molar-refractivity contribution in [2.75, 3.05) is 25.4 Å². The fraction of sp³-hybridized carbons (Fsp3) is 0.833. The number of nitrogens with one attached hydrogen (secondary N) is 5. The maximum Gasteiger partial charge on any atom is 0.315 e. The second kappa shape index (κ2) is 16.6. The SMILES string of the molecule is CCNC(=O)CCCCCNC(=O)CCCCCNC(=O)CCCCC1SCC2NC(=O)NC21. The highest BCUT2D eigenvalue weighted by Gasteiger charge is 2.42. The topological polar surface area (TPSA) is 128 Å². The summed E-state index contributed by atoms with van der Waals surface area (Å²) in [7, 11) is 0. The van der Waals surface area contributed by atoms with E-state index in [1.807, 2.05) is 18.7 Å². The number of unbranched alkanes of at least 4 members (excludes halogenated alkanes) is 5. The van der Waals surface area contributed by atoms with Crippen LogP contribution in [0.2, 0.25) is 0 Å². The van der Waals surface area contributed by atoms with Crippen molar-refractivity contribution in [3.63, 3.8) is 0 Å². The molecule has 0 aromatic rings. The Balaban J connectivity index is 1.34. The van der Waals surface area contributed by atoms with Crippen LogP contribution in [0.5, 0.6) is 0 Å². The highest BCUT2D eigenvalue weighted by Crippen LogP contribution is 2.33. The lowest BCUT2D eigenvalue weighted by atomic mass is 10.0. The number of hydrogen-bond donors (Lipinski definition) is 5. The first-order valence-electron chi connectivity index (χ1n) is 13.0. The van der Waals surface area contributed by atoms with E-state index in [1.165, 1.54) is 0 Å². The van der Waals surface area contributed by atoms with Gasteiger partial charge in [0.25, 0.3) is 0 Å². The molecule has 0 aromatic heterocycles. The molecule has 0 spiro atoms. The van der Waals surface area contributed by atoms with Crippen LogP contribution in [-0.2, 0) is 14.4 Å². The fourth-order valence-corrected chi connectivity index (χ4v) is 5.91. The number of amides is 5. The van der Waals surface area contributed by atoms with Gasteiger partial charge in [-0.25, -0.2) is 4.79 Å². The molecule has 3 unspecified atom stereocenters. The van der Waals surface area contributed by atoms with E-state index in [0.717, 1.165) is 63.5 Å². The molecule has 0 radical (unpaired) electrons. The van der Waals surface area contributed by atoms with Crippen LogP contribution in [0, 0.1) is 0 Å². The number of thioether (sulfide) groups is 1. The van der Waals surface area contributed by atoms with E-state index in [1.54, 1.807) is 0 Å². The van der Waals surface area contributed by atoms with Gasteiger partial charge in [0, 0.05) is 49.9 Å². The molecule has 0 aromatic carbocycles. The Morgan fingerprint density at radius 1 is 0.794 bits per heavy atom. The van der Waals surface area contributed by atoms with Gasteiger partial charge in [0.2, 0.25) is 17.7 Å². The molecule has 34 heavy (non-hydrogen) atoms. The molecule has 5 amide bonds. The van der Waals surface area contributed by atoms with Gasteiger partial charge in [0.05, 0.1) is 12.1 Å². The van der Waals surface area contributed by atoms with Crippen molar-refractivity contribution in [3.8, 4) is 0 Å². The molecule has 0 aliphatic carbocycles. The second-order valence-electron chi connectivity index (χ2n) is 9.14. The summed E-state index contributed by atoms with van der Waals surface area (Å²) >= 11 is 1.91. The van der Waals surface area contributed by atoms with Gasteiger partial charge in [-0.3, -0.25) is 14.4 Å². The monoisotopic (exact) mass is 497 g/mol. The highest BCUT2D eigenvalue weighted by atomic mass is 32.2. The third-order valence-corrected chi connectivity index (χ3v) is 7.77. The van der Waals surface area contributed by atoms with Crippen molar-refractivity contribution in [2.45, 2.75) is 101 Å². The average molecular weight is 498 g/mol. The van der Waals surface area contributed by atoms with Gasteiger partial charge in [-0.1, -0.05) is 19.3 Å². The Kier molecular flexibility index (Phi) is 13.8. The lowest BCUT2D eigenvalue weighted by molar-refractivity contribution is -0.122. The average Bonchev–Trinajstić information content (AvgIpc) is 3.35. The number of urea groups is 1. The zero-order chi connectivity index (χ0) is 24.6. The molecule has 2 heterocycles. The summed E-state index contributed by atoms with van der Waals surface area (Å²) in [6.07, 6.45) is 9.81. The Labute approximate surface area is 208 Å². The van der Waals surface area contributed by atoms with Gasteiger partial charge in [0.15, 0.2) is 0 Å². The van der Waals surface area contributed by atoms with Crippen LogP contribution in [-0.4, -0.2) is 66.5 Å². The van der Waals surface area contributed by atoms with Gasteiger partial charge in [-0.2, -0.15) is 11.8 Å². The summed E-state index contributed by atoms with van der Waals surface area (Å²) in [6.45, 7) is 3.90. The first-order chi connectivity index (χ1) is 16.5. The van der Waals surface area contributed by atoms with Crippen LogP contribution in [0.4, 0.5) is 4.79 Å². The second-order valence-corrected chi connectivity index (χ2v) is 10.4. The van der Waals surface area contributed by atoms with Gasteiger partial charge in [-0.15, -0.1) is 0 Å². The van der Waals surface area contributed by atoms with E-state index in [2.05, 4.69) is 26.6 Å². The smallest absolute Gasteiger partial charge is 0.315 e. The standard InChI is InChI=1S/C24H43N5O4S/c1-2-25-20(30)12-5-3-9-15-26-21(31)13-6-4-10-16-27-22(32)14-8-7-11-19-23-18(17-34-19)28-24(33)29-23/h18-19,23H,2-17H2,1H3,(H,25,30)(H,26,31)(H,27,32)(H2,28,29,33). The number of carbonyl (C=O) groups excluding carboxylic acids is 4. The Morgan fingerprint density at radius 2 is 1.35 bits per heavy atom. The van der Waals surface area contributed by atoms with E-state index in [4.69, 9.17) is 0 Å². The van der Waals surface area contributed by atoms with Crippen molar-refractivity contribution in [2.24, 2.45) is 0 Å².